The molecule has 0 saturated heterocycles. The summed E-state index contributed by atoms with van der Waals surface area (Å²) < 4.78 is 10.8. The normalized spacial score (nSPS) is 12.5. The molecule has 2 rings (SSSR count). The second-order valence-electron chi connectivity index (χ2n) is 5.26. The van der Waals surface area contributed by atoms with E-state index < -0.39 is 0 Å². The number of aryl methyl sites for hydroxylation is 1. The number of nitrogens with one attached hydrogen (secondary N) is 1. The maximum absolute atomic E-state index is 5.56. The van der Waals surface area contributed by atoms with Crippen molar-refractivity contribution < 1.29 is 9.15 Å². The SMILES string of the molecule is CCc1ccc(C(C)NCCCOCc2ccco2)cc1. The molecule has 1 atom stereocenters. The minimum absolute atomic E-state index is 0.376. The Labute approximate surface area is 127 Å². The maximum Gasteiger partial charge on any atom is 0.129 e. The molecule has 0 saturated carbocycles. The van der Waals surface area contributed by atoms with E-state index in [0.29, 0.717) is 12.6 Å². The molecule has 2 aromatic rings. The lowest BCUT2D eigenvalue weighted by Gasteiger charge is -2.14. The number of hydrogen-bond acceptors (Lipinski definition) is 3. The molecule has 0 aliphatic heterocycles. The van der Waals surface area contributed by atoms with E-state index in [-0.39, 0.29) is 0 Å². The van der Waals surface area contributed by atoms with Crippen molar-refractivity contribution in [3.05, 3.63) is 59.5 Å². The smallest absolute Gasteiger partial charge is 0.129 e. The van der Waals surface area contributed by atoms with Crippen LogP contribution in [0.5, 0.6) is 0 Å². The number of hydrogen-bond donors (Lipinski definition) is 1. The Morgan fingerprint density at radius 2 is 2.00 bits per heavy atom. The topological polar surface area (TPSA) is 34.4 Å². The Hall–Kier alpha value is -1.58. The summed E-state index contributed by atoms with van der Waals surface area (Å²) in [4.78, 5) is 0. The minimum Gasteiger partial charge on any atom is -0.467 e. The molecule has 0 aliphatic rings. The van der Waals surface area contributed by atoms with Crippen LogP contribution in [0.15, 0.2) is 47.1 Å². The van der Waals surface area contributed by atoms with Crippen LogP contribution in [0, 0.1) is 0 Å². The zero-order valence-corrected chi connectivity index (χ0v) is 13.0. The largest absolute Gasteiger partial charge is 0.467 e. The molecule has 3 heteroatoms. The van der Waals surface area contributed by atoms with Gasteiger partial charge in [-0.25, -0.2) is 0 Å². The van der Waals surface area contributed by atoms with Crippen molar-refractivity contribution in [1.29, 1.82) is 0 Å². The zero-order valence-electron chi connectivity index (χ0n) is 13.0. The molecule has 0 radical (unpaired) electrons. The van der Waals surface area contributed by atoms with Gasteiger partial charge in [0, 0.05) is 12.6 Å². The van der Waals surface area contributed by atoms with E-state index in [1.807, 2.05) is 12.1 Å². The first-order valence-corrected chi connectivity index (χ1v) is 7.72. The molecule has 1 unspecified atom stereocenters. The number of ether oxygens (including phenoxy) is 1. The molecule has 3 nitrogen and oxygen atoms in total. The minimum atomic E-state index is 0.376. The molecule has 1 heterocycles. The average Bonchev–Trinajstić information content (AvgIpc) is 3.04. The van der Waals surface area contributed by atoms with Gasteiger partial charge in [-0.05, 0) is 49.6 Å². The lowest BCUT2D eigenvalue weighted by Crippen LogP contribution is -2.21. The van der Waals surface area contributed by atoms with Crippen molar-refractivity contribution >= 4 is 0 Å². The average molecular weight is 287 g/mol. The van der Waals surface area contributed by atoms with E-state index >= 15 is 0 Å². The van der Waals surface area contributed by atoms with Gasteiger partial charge in [-0.2, -0.15) is 0 Å². The molecular formula is C18H25NO2. The van der Waals surface area contributed by atoms with Gasteiger partial charge in [-0.15, -0.1) is 0 Å². The van der Waals surface area contributed by atoms with Crippen LogP contribution in [0.2, 0.25) is 0 Å². The highest BCUT2D eigenvalue weighted by Gasteiger charge is 2.04. The summed E-state index contributed by atoms with van der Waals surface area (Å²) in [7, 11) is 0. The molecule has 0 spiro atoms. The van der Waals surface area contributed by atoms with E-state index in [1.54, 1.807) is 6.26 Å². The third kappa shape index (κ3) is 5.37. The fraction of sp³-hybridized carbons (Fsp3) is 0.444. The predicted octanol–water partition coefficient (Wildman–Crippen LogP) is 4.10. The van der Waals surface area contributed by atoms with Gasteiger partial charge in [0.25, 0.3) is 0 Å². The maximum atomic E-state index is 5.56. The Bertz CT molecular complexity index is 490. The van der Waals surface area contributed by atoms with Crippen LogP contribution in [0.3, 0.4) is 0 Å². The van der Waals surface area contributed by atoms with Crippen LogP contribution < -0.4 is 5.32 Å². The van der Waals surface area contributed by atoms with E-state index in [9.17, 15) is 0 Å². The monoisotopic (exact) mass is 287 g/mol. The van der Waals surface area contributed by atoms with Gasteiger partial charge in [0.2, 0.25) is 0 Å². The van der Waals surface area contributed by atoms with Gasteiger partial charge in [0.15, 0.2) is 0 Å². The lowest BCUT2D eigenvalue weighted by molar-refractivity contribution is 0.104. The number of rotatable bonds is 9. The van der Waals surface area contributed by atoms with Crippen LogP contribution in [0.25, 0.3) is 0 Å². The highest BCUT2D eigenvalue weighted by atomic mass is 16.5. The van der Waals surface area contributed by atoms with E-state index in [2.05, 4.69) is 43.4 Å². The lowest BCUT2D eigenvalue weighted by atomic mass is 10.1. The Morgan fingerprint density at radius 1 is 1.19 bits per heavy atom. The molecular weight excluding hydrogens is 262 g/mol. The Kier molecular flexibility index (Phi) is 6.51. The first-order valence-electron chi connectivity index (χ1n) is 7.72. The summed E-state index contributed by atoms with van der Waals surface area (Å²) in [6.45, 7) is 6.63. The molecule has 0 bridgehead atoms. The Balaban J connectivity index is 1.59. The molecule has 1 N–H and O–H groups in total. The van der Waals surface area contributed by atoms with Crippen LogP contribution in [-0.4, -0.2) is 13.2 Å². The van der Waals surface area contributed by atoms with Crippen molar-refractivity contribution in [3.8, 4) is 0 Å². The second-order valence-corrected chi connectivity index (χ2v) is 5.26. The summed E-state index contributed by atoms with van der Waals surface area (Å²) >= 11 is 0. The second kappa shape index (κ2) is 8.65. The zero-order chi connectivity index (χ0) is 14.9. The molecule has 21 heavy (non-hydrogen) atoms. The summed E-state index contributed by atoms with van der Waals surface area (Å²) in [5.74, 6) is 0.882. The summed E-state index contributed by atoms with van der Waals surface area (Å²) in [6.07, 6.45) is 3.76. The first-order chi connectivity index (χ1) is 10.3. The van der Waals surface area contributed by atoms with E-state index in [1.165, 1.54) is 11.1 Å². The molecule has 0 aliphatic carbocycles. The summed E-state index contributed by atoms with van der Waals surface area (Å²) in [5, 5.41) is 3.53. The van der Waals surface area contributed by atoms with Gasteiger partial charge < -0.3 is 14.5 Å². The Morgan fingerprint density at radius 3 is 2.67 bits per heavy atom. The highest BCUT2D eigenvalue weighted by Crippen LogP contribution is 2.13. The number of benzene rings is 1. The standard InChI is InChI=1S/C18H25NO2/c1-3-16-7-9-17(10-8-16)15(2)19-11-5-12-20-14-18-6-4-13-21-18/h4,6-10,13,15,19H,3,5,11-12,14H2,1-2H3. The third-order valence-corrected chi connectivity index (χ3v) is 3.63. The quantitative estimate of drug-likeness (QED) is 0.705. The van der Waals surface area contributed by atoms with Gasteiger partial charge in [0.1, 0.15) is 12.4 Å². The fourth-order valence-electron chi connectivity index (χ4n) is 2.22. The summed E-state index contributed by atoms with van der Waals surface area (Å²) in [6, 6.07) is 13.0. The van der Waals surface area contributed by atoms with Gasteiger partial charge in [0.05, 0.1) is 6.26 Å². The van der Waals surface area contributed by atoms with Crippen molar-refractivity contribution in [2.45, 2.75) is 39.3 Å². The van der Waals surface area contributed by atoms with Crippen molar-refractivity contribution in [1.82, 2.24) is 5.32 Å². The van der Waals surface area contributed by atoms with Crippen molar-refractivity contribution in [3.63, 3.8) is 0 Å². The van der Waals surface area contributed by atoms with Crippen molar-refractivity contribution in [2.24, 2.45) is 0 Å². The highest BCUT2D eigenvalue weighted by molar-refractivity contribution is 5.24. The van der Waals surface area contributed by atoms with Crippen LogP contribution >= 0.6 is 0 Å². The van der Waals surface area contributed by atoms with Gasteiger partial charge in [-0.1, -0.05) is 31.2 Å². The van der Waals surface area contributed by atoms with Crippen LogP contribution in [-0.2, 0) is 17.8 Å². The van der Waals surface area contributed by atoms with Crippen LogP contribution in [0.1, 0.15) is 43.2 Å². The van der Waals surface area contributed by atoms with E-state index in [0.717, 1.165) is 31.8 Å². The van der Waals surface area contributed by atoms with Crippen molar-refractivity contribution in [2.75, 3.05) is 13.2 Å². The predicted molar refractivity (Wildman–Crippen MR) is 85.2 cm³/mol. The molecule has 1 aromatic heterocycles. The molecule has 1 aromatic carbocycles. The number of furan rings is 1. The van der Waals surface area contributed by atoms with E-state index in [4.69, 9.17) is 9.15 Å². The van der Waals surface area contributed by atoms with Gasteiger partial charge >= 0.3 is 0 Å². The molecule has 0 amide bonds. The fourth-order valence-corrected chi connectivity index (χ4v) is 2.22. The first kappa shape index (κ1) is 15.8. The summed E-state index contributed by atoms with van der Waals surface area (Å²) in [5.41, 5.74) is 2.72. The van der Waals surface area contributed by atoms with Gasteiger partial charge in [-0.3, -0.25) is 0 Å². The third-order valence-electron chi connectivity index (χ3n) is 3.63. The molecule has 0 fully saturated rings. The molecule has 114 valence electrons. The van der Waals surface area contributed by atoms with Crippen LogP contribution in [0.4, 0.5) is 0 Å².